The average Bonchev–Trinajstić information content (AvgIpc) is 2.30. The lowest BCUT2D eigenvalue weighted by molar-refractivity contribution is 0.0904. The van der Waals surface area contributed by atoms with Gasteiger partial charge in [0.1, 0.15) is 5.82 Å². The Kier molecular flexibility index (Phi) is 4.14. The fourth-order valence-corrected chi connectivity index (χ4v) is 1.93. The number of nitrogens with one attached hydrogen (secondary N) is 2. The fourth-order valence-electron chi connectivity index (χ4n) is 1.93. The molecule has 0 radical (unpaired) electrons. The van der Waals surface area contributed by atoms with Gasteiger partial charge in [0.2, 0.25) is 5.95 Å². The molecule has 0 atom stereocenters. The molecule has 5 nitrogen and oxygen atoms in total. The van der Waals surface area contributed by atoms with Crippen LogP contribution in [0.25, 0.3) is 0 Å². The Bertz CT molecular complexity index is 364. The van der Waals surface area contributed by atoms with Crippen molar-refractivity contribution in [3.8, 4) is 0 Å². The maximum atomic E-state index is 5.34. The molecule has 0 aliphatic carbocycles. The van der Waals surface area contributed by atoms with E-state index in [0.29, 0.717) is 12.0 Å². The molecular formula is C12H20N4O. The molecule has 0 unspecified atom stereocenters. The zero-order valence-electron chi connectivity index (χ0n) is 10.5. The molecule has 0 bridgehead atoms. The van der Waals surface area contributed by atoms with E-state index in [0.717, 1.165) is 44.1 Å². The van der Waals surface area contributed by atoms with Crippen molar-refractivity contribution in [2.75, 3.05) is 30.4 Å². The van der Waals surface area contributed by atoms with Crippen LogP contribution in [0.2, 0.25) is 0 Å². The average molecular weight is 236 g/mol. The van der Waals surface area contributed by atoms with Crippen LogP contribution in [0, 0.1) is 6.92 Å². The van der Waals surface area contributed by atoms with E-state index in [4.69, 9.17) is 4.74 Å². The van der Waals surface area contributed by atoms with Crippen LogP contribution in [0.4, 0.5) is 11.8 Å². The minimum atomic E-state index is 0.465. The third-order valence-corrected chi connectivity index (χ3v) is 2.76. The van der Waals surface area contributed by atoms with Crippen LogP contribution in [0.5, 0.6) is 0 Å². The molecule has 94 valence electrons. The van der Waals surface area contributed by atoms with Gasteiger partial charge in [-0.2, -0.15) is 4.98 Å². The number of rotatable bonds is 4. The molecule has 2 rings (SSSR count). The summed E-state index contributed by atoms with van der Waals surface area (Å²) >= 11 is 0. The summed E-state index contributed by atoms with van der Waals surface area (Å²) < 4.78 is 5.34. The first kappa shape index (κ1) is 12.1. The van der Waals surface area contributed by atoms with Gasteiger partial charge in [-0.1, -0.05) is 0 Å². The minimum Gasteiger partial charge on any atom is -0.381 e. The Morgan fingerprint density at radius 3 is 2.82 bits per heavy atom. The van der Waals surface area contributed by atoms with Crippen LogP contribution in [0.1, 0.15) is 25.5 Å². The first-order valence-electron chi connectivity index (χ1n) is 6.21. The molecule has 1 aliphatic heterocycles. The molecule has 1 saturated heterocycles. The van der Waals surface area contributed by atoms with Gasteiger partial charge in [0.25, 0.3) is 0 Å². The van der Waals surface area contributed by atoms with Crippen LogP contribution in [-0.4, -0.2) is 35.8 Å². The SMILES string of the molecule is CCNc1nc(C)cc(NC2CCOCC2)n1. The van der Waals surface area contributed by atoms with Crippen LogP contribution < -0.4 is 10.6 Å². The van der Waals surface area contributed by atoms with Gasteiger partial charge in [0.05, 0.1) is 0 Å². The monoisotopic (exact) mass is 236 g/mol. The predicted molar refractivity (Wildman–Crippen MR) is 68.4 cm³/mol. The predicted octanol–water partition coefficient (Wildman–Crippen LogP) is 1.81. The molecule has 0 amide bonds. The highest BCUT2D eigenvalue weighted by molar-refractivity contribution is 5.42. The van der Waals surface area contributed by atoms with E-state index in [1.165, 1.54) is 0 Å². The first-order chi connectivity index (χ1) is 8.28. The smallest absolute Gasteiger partial charge is 0.224 e. The molecule has 1 aromatic heterocycles. The maximum Gasteiger partial charge on any atom is 0.224 e. The van der Waals surface area contributed by atoms with Crippen molar-refractivity contribution in [2.24, 2.45) is 0 Å². The maximum absolute atomic E-state index is 5.34. The molecule has 0 saturated carbocycles. The van der Waals surface area contributed by atoms with Gasteiger partial charge in [-0.3, -0.25) is 0 Å². The van der Waals surface area contributed by atoms with Crippen molar-refractivity contribution >= 4 is 11.8 Å². The van der Waals surface area contributed by atoms with E-state index in [-0.39, 0.29) is 0 Å². The zero-order valence-corrected chi connectivity index (χ0v) is 10.5. The second kappa shape index (κ2) is 5.82. The molecular weight excluding hydrogens is 216 g/mol. The largest absolute Gasteiger partial charge is 0.381 e. The number of anilines is 2. The van der Waals surface area contributed by atoms with Crippen LogP contribution >= 0.6 is 0 Å². The number of ether oxygens (including phenoxy) is 1. The Balaban J connectivity index is 2.03. The molecule has 1 fully saturated rings. The van der Waals surface area contributed by atoms with Gasteiger partial charge >= 0.3 is 0 Å². The quantitative estimate of drug-likeness (QED) is 0.835. The standard InChI is InChI=1S/C12H20N4O/c1-3-13-12-14-9(2)8-11(16-12)15-10-4-6-17-7-5-10/h8,10H,3-7H2,1-2H3,(H2,13,14,15,16). The lowest BCUT2D eigenvalue weighted by atomic mass is 10.1. The molecule has 1 aliphatic rings. The first-order valence-corrected chi connectivity index (χ1v) is 6.21. The lowest BCUT2D eigenvalue weighted by Crippen LogP contribution is -2.28. The zero-order chi connectivity index (χ0) is 12.1. The number of aromatic nitrogens is 2. The van der Waals surface area contributed by atoms with E-state index in [9.17, 15) is 0 Å². The molecule has 17 heavy (non-hydrogen) atoms. The van der Waals surface area contributed by atoms with E-state index >= 15 is 0 Å². The Labute approximate surface area is 102 Å². The summed E-state index contributed by atoms with van der Waals surface area (Å²) in [5.74, 6) is 1.60. The highest BCUT2D eigenvalue weighted by Crippen LogP contribution is 2.15. The fraction of sp³-hybridized carbons (Fsp3) is 0.667. The summed E-state index contributed by atoms with van der Waals surface area (Å²) in [6.07, 6.45) is 2.08. The van der Waals surface area contributed by atoms with Crippen molar-refractivity contribution in [3.63, 3.8) is 0 Å². The summed E-state index contributed by atoms with van der Waals surface area (Å²) in [6, 6.07) is 2.45. The number of aryl methyl sites for hydroxylation is 1. The Morgan fingerprint density at radius 1 is 1.35 bits per heavy atom. The van der Waals surface area contributed by atoms with Crippen LogP contribution in [0.3, 0.4) is 0 Å². The Morgan fingerprint density at radius 2 is 2.12 bits per heavy atom. The van der Waals surface area contributed by atoms with Crippen molar-refractivity contribution in [2.45, 2.75) is 32.7 Å². The minimum absolute atomic E-state index is 0.465. The molecule has 5 heteroatoms. The third-order valence-electron chi connectivity index (χ3n) is 2.76. The topological polar surface area (TPSA) is 59.1 Å². The lowest BCUT2D eigenvalue weighted by Gasteiger charge is -2.23. The van der Waals surface area contributed by atoms with E-state index in [1.807, 2.05) is 19.9 Å². The molecule has 1 aromatic rings. The summed E-state index contributed by atoms with van der Waals surface area (Å²) in [6.45, 7) is 6.53. The summed E-state index contributed by atoms with van der Waals surface area (Å²) in [5, 5.41) is 6.59. The van der Waals surface area contributed by atoms with Crippen molar-refractivity contribution in [1.29, 1.82) is 0 Å². The second-order valence-corrected chi connectivity index (χ2v) is 4.28. The number of hydrogen-bond donors (Lipinski definition) is 2. The molecule has 2 N–H and O–H groups in total. The molecule has 2 heterocycles. The van der Waals surface area contributed by atoms with Crippen molar-refractivity contribution < 1.29 is 4.74 Å². The van der Waals surface area contributed by atoms with Gasteiger partial charge in [0.15, 0.2) is 0 Å². The molecule has 0 spiro atoms. The summed E-state index contributed by atoms with van der Waals surface area (Å²) in [4.78, 5) is 8.77. The summed E-state index contributed by atoms with van der Waals surface area (Å²) in [7, 11) is 0. The third kappa shape index (κ3) is 3.56. The molecule has 0 aromatic carbocycles. The summed E-state index contributed by atoms with van der Waals surface area (Å²) in [5.41, 5.74) is 0.977. The van der Waals surface area contributed by atoms with E-state index in [2.05, 4.69) is 20.6 Å². The van der Waals surface area contributed by atoms with Crippen molar-refractivity contribution in [1.82, 2.24) is 9.97 Å². The van der Waals surface area contributed by atoms with Crippen LogP contribution in [-0.2, 0) is 4.74 Å². The van der Waals surface area contributed by atoms with Gasteiger partial charge < -0.3 is 15.4 Å². The van der Waals surface area contributed by atoms with Gasteiger partial charge in [-0.15, -0.1) is 0 Å². The normalized spacial score (nSPS) is 16.8. The Hall–Kier alpha value is -1.36. The number of hydrogen-bond acceptors (Lipinski definition) is 5. The van der Waals surface area contributed by atoms with E-state index < -0.39 is 0 Å². The van der Waals surface area contributed by atoms with Gasteiger partial charge in [0, 0.05) is 37.6 Å². The van der Waals surface area contributed by atoms with E-state index in [1.54, 1.807) is 0 Å². The van der Waals surface area contributed by atoms with Gasteiger partial charge in [-0.05, 0) is 26.7 Å². The highest BCUT2D eigenvalue weighted by atomic mass is 16.5. The van der Waals surface area contributed by atoms with Crippen LogP contribution in [0.15, 0.2) is 6.07 Å². The highest BCUT2D eigenvalue weighted by Gasteiger charge is 2.14. The van der Waals surface area contributed by atoms with Gasteiger partial charge in [-0.25, -0.2) is 4.98 Å². The second-order valence-electron chi connectivity index (χ2n) is 4.28. The number of nitrogens with zero attached hydrogens (tertiary/aromatic N) is 2. The van der Waals surface area contributed by atoms with Crippen molar-refractivity contribution in [3.05, 3.63) is 11.8 Å².